The number of carbonyl (C=O) groups is 2. The van der Waals surface area contributed by atoms with Crippen LogP contribution in [0.2, 0.25) is 0 Å². The zero-order valence-corrected chi connectivity index (χ0v) is 13.5. The van der Waals surface area contributed by atoms with Crippen LogP contribution >= 0.6 is 0 Å². The van der Waals surface area contributed by atoms with Gasteiger partial charge in [-0.3, -0.25) is 4.79 Å². The molecule has 124 valence electrons. The van der Waals surface area contributed by atoms with Gasteiger partial charge in [-0.25, -0.2) is 4.79 Å². The molecule has 0 radical (unpaired) electrons. The number of aromatic carboxylic acids is 1. The Hall–Kier alpha value is -2.62. The summed E-state index contributed by atoms with van der Waals surface area (Å²) < 4.78 is 0. The summed E-state index contributed by atoms with van der Waals surface area (Å²) in [4.78, 5) is 25.2. The molecule has 2 aromatic rings. The average molecular weight is 323 g/mol. The third-order valence-corrected chi connectivity index (χ3v) is 4.64. The summed E-state index contributed by atoms with van der Waals surface area (Å²) in [6, 6.07) is 17.1. The fourth-order valence-electron chi connectivity index (χ4n) is 3.21. The van der Waals surface area contributed by atoms with Crippen LogP contribution in [0.5, 0.6) is 0 Å². The molecule has 0 aliphatic carbocycles. The summed E-state index contributed by atoms with van der Waals surface area (Å²) in [7, 11) is 0. The highest BCUT2D eigenvalue weighted by molar-refractivity contribution is 5.87. The van der Waals surface area contributed by atoms with E-state index in [4.69, 9.17) is 5.11 Å². The van der Waals surface area contributed by atoms with E-state index in [2.05, 4.69) is 12.1 Å². The van der Waals surface area contributed by atoms with Crippen molar-refractivity contribution in [2.75, 3.05) is 13.1 Å². The number of likely N-dealkylation sites (tertiary alicyclic amines) is 1. The first-order valence-corrected chi connectivity index (χ1v) is 8.28. The minimum Gasteiger partial charge on any atom is -0.478 e. The molecule has 1 fully saturated rings. The molecule has 1 unspecified atom stereocenters. The van der Waals surface area contributed by atoms with Crippen LogP contribution in [0.15, 0.2) is 54.6 Å². The number of amides is 1. The van der Waals surface area contributed by atoms with Gasteiger partial charge in [-0.15, -0.1) is 0 Å². The highest BCUT2D eigenvalue weighted by Crippen LogP contribution is 2.27. The number of aryl methyl sites for hydroxylation is 1. The van der Waals surface area contributed by atoms with Crippen LogP contribution in [0, 0.1) is 0 Å². The Bertz CT molecular complexity index is 709. The Labute approximate surface area is 141 Å². The van der Waals surface area contributed by atoms with Gasteiger partial charge in [-0.2, -0.15) is 0 Å². The van der Waals surface area contributed by atoms with Crippen molar-refractivity contribution in [2.45, 2.75) is 25.2 Å². The molecule has 0 bridgehead atoms. The second-order valence-corrected chi connectivity index (χ2v) is 6.24. The number of carboxylic acid groups (broad SMARTS) is 1. The van der Waals surface area contributed by atoms with Crippen LogP contribution in [0.25, 0.3) is 0 Å². The number of rotatable bonds is 5. The van der Waals surface area contributed by atoms with E-state index in [0.29, 0.717) is 18.8 Å². The molecule has 0 saturated carbocycles. The summed E-state index contributed by atoms with van der Waals surface area (Å²) in [5.74, 6) is -0.317. The SMILES string of the molecule is O=C(O)c1ccc(CCC(=O)N2CCC(c3ccccc3)C2)cc1. The topological polar surface area (TPSA) is 57.6 Å². The molecular weight excluding hydrogens is 302 g/mol. The van der Waals surface area contributed by atoms with Crippen molar-refractivity contribution < 1.29 is 14.7 Å². The van der Waals surface area contributed by atoms with Gasteiger partial charge >= 0.3 is 5.97 Å². The molecule has 1 saturated heterocycles. The van der Waals surface area contributed by atoms with Gasteiger partial charge in [0.15, 0.2) is 0 Å². The van der Waals surface area contributed by atoms with Gasteiger partial charge < -0.3 is 10.0 Å². The fraction of sp³-hybridized carbons (Fsp3) is 0.300. The molecule has 1 heterocycles. The minimum atomic E-state index is -0.929. The lowest BCUT2D eigenvalue weighted by molar-refractivity contribution is -0.130. The predicted octanol–water partition coefficient (Wildman–Crippen LogP) is 3.33. The molecule has 3 rings (SSSR count). The van der Waals surface area contributed by atoms with Gasteiger partial charge in [0.1, 0.15) is 0 Å². The number of hydrogen-bond donors (Lipinski definition) is 1. The molecule has 1 aliphatic rings. The van der Waals surface area contributed by atoms with Gasteiger partial charge in [-0.05, 0) is 36.1 Å². The Morgan fingerprint density at radius 3 is 2.42 bits per heavy atom. The quantitative estimate of drug-likeness (QED) is 0.918. The number of carboxylic acids is 1. The smallest absolute Gasteiger partial charge is 0.335 e. The maximum Gasteiger partial charge on any atom is 0.335 e. The third kappa shape index (κ3) is 3.82. The van der Waals surface area contributed by atoms with Crippen LogP contribution in [-0.2, 0) is 11.2 Å². The van der Waals surface area contributed by atoms with Gasteiger partial charge in [-0.1, -0.05) is 42.5 Å². The van der Waals surface area contributed by atoms with E-state index in [0.717, 1.165) is 25.1 Å². The van der Waals surface area contributed by atoms with Gasteiger partial charge in [0.2, 0.25) is 5.91 Å². The van der Waals surface area contributed by atoms with E-state index in [9.17, 15) is 9.59 Å². The third-order valence-electron chi connectivity index (χ3n) is 4.64. The maximum atomic E-state index is 12.4. The zero-order valence-electron chi connectivity index (χ0n) is 13.5. The standard InChI is InChI=1S/C20H21NO3/c22-19(11-8-15-6-9-17(10-7-15)20(23)24)21-13-12-18(14-21)16-4-2-1-3-5-16/h1-7,9-10,18H,8,11-14H2,(H,23,24). The Morgan fingerprint density at radius 1 is 1.04 bits per heavy atom. The van der Waals surface area contributed by atoms with E-state index in [1.54, 1.807) is 24.3 Å². The molecular formula is C20H21NO3. The Kier molecular flexibility index (Phi) is 4.94. The summed E-state index contributed by atoms with van der Waals surface area (Å²) in [6.07, 6.45) is 2.13. The highest BCUT2D eigenvalue weighted by Gasteiger charge is 2.26. The molecule has 4 heteroatoms. The van der Waals surface area contributed by atoms with Crippen LogP contribution in [0.4, 0.5) is 0 Å². The second kappa shape index (κ2) is 7.30. The maximum absolute atomic E-state index is 12.4. The lowest BCUT2D eigenvalue weighted by atomic mass is 9.99. The molecule has 24 heavy (non-hydrogen) atoms. The van der Waals surface area contributed by atoms with E-state index < -0.39 is 5.97 Å². The first-order chi connectivity index (χ1) is 11.6. The molecule has 4 nitrogen and oxygen atoms in total. The van der Waals surface area contributed by atoms with Crippen LogP contribution in [-0.4, -0.2) is 35.0 Å². The lowest BCUT2D eigenvalue weighted by Gasteiger charge is -2.17. The highest BCUT2D eigenvalue weighted by atomic mass is 16.4. The van der Waals surface area contributed by atoms with Crippen molar-refractivity contribution in [2.24, 2.45) is 0 Å². The number of benzene rings is 2. The number of carbonyl (C=O) groups excluding carboxylic acids is 1. The first-order valence-electron chi connectivity index (χ1n) is 8.28. The van der Waals surface area contributed by atoms with E-state index in [1.807, 2.05) is 23.1 Å². The van der Waals surface area contributed by atoms with Crippen molar-refractivity contribution in [3.63, 3.8) is 0 Å². The minimum absolute atomic E-state index is 0.177. The Balaban J connectivity index is 1.51. The largest absolute Gasteiger partial charge is 0.478 e. The molecule has 1 amide bonds. The van der Waals surface area contributed by atoms with E-state index >= 15 is 0 Å². The fourth-order valence-corrected chi connectivity index (χ4v) is 3.21. The van der Waals surface area contributed by atoms with Crippen LogP contribution < -0.4 is 0 Å². The van der Waals surface area contributed by atoms with Crippen LogP contribution in [0.3, 0.4) is 0 Å². The molecule has 0 spiro atoms. The summed E-state index contributed by atoms with van der Waals surface area (Å²) in [5.41, 5.74) is 2.57. The van der Waals surface area contributed by atoms with Crippen LogP contribution in [0.1, 0.15) is 40.2 Å². The van der Waals surface area contributed by atoms with Crippen molar-refractivity contribution in [1.82, 2.24) is 4.90 Å². The molecule has 0 aromatic heterocycles. The summed E-state index contributed by atoms with van der Waals surface area (Å²) >= 11 is 0. The number of nitrogens with zero attached hydrogens (tertiary/aromatic N) is 1. The van der Waals surface area contributed by atoms with E-state index in [1.165, 1.54) is 5.56 Å². The second-order valence-electron chi connectivity index (χ2n) is 6.24. The average Bonchev–Trinajstić information content (AvgIpc) is 3.11. The van der Waals surface area contributed by atoms with Gasteiger partial charge in [0.25, 0.3) is 0 Å². The normalized spacial score (nSPS) is 17.0. The van der Waals surface area contributed by atoms with Crippen molar-refractivity contribution in [3.05, 3.63) is 71.3 Å². The lowest BCUT2D eigenvalue weighted by Crippen LogP contribution is -2.28. The predicted molar refractivity (Wildman–Crippen MR) is 92.1 cm³/mol. The zero-order chi connectivity index (χ0) is 16.9. The van der Waals surface area contributed by atoms with Crippen molar-refractivity contribution in [1.29, 1.82) is 0 Å². The van der Waals surface area contributed by atoms with Gasteiger partial charge in [0.05, 0.1) is 5.56 Å². The first kappa shape index (κ1) is 16.2. The van der Waals surface area contributed by atoms with Gasteiger partial charge in [0, 0.05) is 25.4 Å². The molecule has 1 aliphatic heterocycles. The van der Waals surface area contributed by atoms with Crippen molar-refractivity contribution >= 4 is 11.9 Å². The van der Waals surface area contributed by atoms with Crippen molar-refractivity contribution in [3.8, 4) is 0 Å². The van der Waals surface area contributed by atoms with E-state index in [-0.39, 0.29) is 11.5 Å². The molecule has 1 atom stereocenters. The molecule has 2 aromatic carbocycles. The summed E-state index contributed by atoms with van der Waals surface area (Å²) in [6.45, 7) is 1.61. The molecule has 1 N–H and O–H groups in total. The summed E-state index contributed by atoms with van der Waals surface area (Å²) in [5, 5.41) is 8.90. The number of hydrogen-bond acceptors (Lipinski definition) is 2. The Morgan fingerprint density at radius 2 is 1.75 bits per heavy atom. The monoisotopic (exact) mass is 323 g/mol.